The van der Waals surface area contributed by atoms with E-state index in [0.29, 0.717) is 13.0 Å². The zero-order chi connectivity index (χ0) is 14.3. The second kappa shape index (κ2) is 7.17. The largest absolute Gasteiger partial charge is 0.464 e. The van der Waals surface area contributed by atoms with E-state index < -0.39 is 5.54 Å². The Balaban J connectivity index is 2.95. The Morgan fingerprint density at radius 1 is 1.21 bits per heavy atom. The van der Waals surface area contributed by atoms with Gasteiger partial charge in [-0.1, -0.05) is 38.0 Å². The Morgan fingerprint density at radius 2 is 1.84 bits per heavy atom. The van der Waals surface area contributed by atoms with Gasteiger partial charge in [0.2, 0.25) is 0 Å². The van der Waals surface area contributed by atoms with Crippen LogP contribution in [0.5, 0.6) is 0 Å². The minimum atomic E-state index is -0.611. The highest BCUT2D eigenvalue weighted by molar-refractivity contribution is 5.84. The van der Waals surface area contributed by atoms with Gasteiger partial charge < -0.3 is 10.1 Å². The summed E-state index contributed by atoms with van der Waals surface area (Å²) in [4.78, 5) is 12.3. The number of aryl methyl sites for hydroxylation is 1. The number of ether oxygens (including phenoxy) is 1. The molecule has 3 nitrogen and oxygen atoms in total. The van der Waals surface area contributed by atoms with Gasteiger partial charge in [-0.05, 0) is 38.8 Å². The van der Waals surface area contributed by atoms with Gasteiger partial charge >= 0.3 is 5.97 Å². The van der Waals surface area contributed by atoms with Gasteiger partial charge in [-0.25, -0.2) is 4.79 Å². The van der Waals surface area contributed by atoms with E-state index in [-0.39, 0.29) is 5.97 Å². The lowest BCUT2D eigenvalue weighted by molar-refractivity contribution is -0.149. The van der Waals surface area contributed by atoms with Gasteiger partial charge in [-0.2, -0.15) is 0 Å². The molecule has 1 aromatic carbocycles. The lowest BCUT2D eigenvalue weighted by Crippen LogP contribution is -2.47. The molecule has 0 aromatic heterocycles. The maximum absolute atomic E-state index is 12.3. The minimum absolute atomic E-state index is 0.153. The number of anilines is 1. The topological polar surface area (TPSA) is 38.3 Å². The zero-order valence-corrected chi connectivity index (χ0v) is 12.5. The molecule has 1 aromatic rings. The van der Waals surface area contributed by atoms with Crippen molar-refractivity contribution < 1.29 is 9.53 Å². The first-order chi connectivity index (χ1) is 9.07. The molecule has 0 aliphatic rings. The summed E-state index contributed by atoms with van der Waals surface area (Å²) < 4.78 is 5.25. The van der Waals surface area contributed by atoms with E-state index in [1.807, 2.05) is 45.0 Å². The molecule has 1 atom stereocenters. The predicted octanol–water partition coefficient (Wildman–Crippen LogP) is 3.92. The van der Waals surface area contributed by atoms with Gasteiger partial charge in [0.15, 0.2) is 0 Å². The summed E-state index contributed by atoms with van der Waals surface area (Å²) in [6.45, 7) is 8.42. The Bertz CT molecular complexity index is 400. The third-order valence-electron chi connectivity index (χ3n) is 3.38. The van der Waals surface area contributed by atoms with E-state index in [4.69, 9.17) is 4.74 Å². The van der Waals surface area contributed by atoms with Crippen LogP contribution in [0.3, 0.4) is 0 Å². The zero-order valence-electron chi connectivity index (χ0n) is 12.5. The molecular formula is C16H25NO2. The van der Waals surface area contributed by atoms with Crippen LogP contribution in [0, 0.1) is 6.92 Å². The first-order valence-electron chi connectivity index (χ1n) is 7.10. The highest BCUT2D eigenvalue weighted by atomic mass is 16.5. The van der Waals surface area contributed by atoms with Crippen LogP contribution in [0.1, 0.15) is 45.6 Å². The van der Waals surface area contributed by atoms with Gasteiger partial charge in [0, 0.05) is 5.69 Å². The number of hydrogen-bond donors (Lipinski definition) is 1. The van der Waals surface area contributed by atoms with Gasteiger partial charge in [0.25, 0.3) is 0 Å². The van der Waals surface area contributed by atoms with Crippen molar-refractivity contribution in [2.45, 2.75) is 52.5 Å². The van der Waals surface area contributed by atoms with Crippen molar-refractivity contribution in [2.24, 2.45) is 0 Å². The molecule has 3 heteroatoms. The van der Waals surface area contributed by atoms with Crippen LogP contribution in [-0.2, 0) is 9.53 Å². The fraction of sp³-hybridized carbons (Fsp3) is 0.562. The fourth-order valence-corrected chi connectivity index (χ4v) is 2.23. The van der Waals surface area contributed by atoms with Gasteiger partial charge in [0.05, 0.1) is 6.61 Å². The maximum atomic E-state index is 12.3. The van der Waals surface area contributed by atoms with Crippen molar-refractivity contribution in [1.29, 1.82) is 0 Å². The summed E-state index contributed by atoms with van der Waals surface area (Å²) in [5, 5.41) is 3.38. The van der Waals surface area contributed by atoms with Crippen LogP contribution < -0.4 is 5.32 Å². The van der Waals surface area contributed by atoms with Crippen LogP contribution in [0.15, 0.2) is 24.3 Å². The Kier molecular flexibility index (Phi) is 5.87. The van der Waals surface area contributed by atoms with E-state index in [0.717, 1.165) is 18.5 Å². The molecule has 0 bridgehead atoms. The van der Waals surface area contributed by atoms with E-state index in [1.165, 1.54) is 5.56 Å². The number of carbonyl (C=O) groups is 1. The van der Waals surface area contributed by atoms with Crippen molar-refractivity contribution in [1.82, 2.24) is 0 Å². The highest BCUT2D eigenvalue weighted by Crippen LogP contribution is 2.25. The molecule has 0 amide bonds. The SMILES string of the molecule is CCCC(CC)(Nc1ccc(C)cc1)C(=O)OCC. The number of hydrogen-bond acceptors (Lipinski definition) is 3. The monoisotopic (exact) mass is 263 g/mol. The van der Waals surface area contributed by atoms with Crippen LogP contribution in [0.4, 0.5) is 5.69 Å². The average Bonchev–Trinajstić information content (AvgIpc) is 2.41. The second-order valence-electron chi connectivity index (χ2n) is 4.90. The molecule has 1 N–H and O–H groups in total. The van der Waals surface area contributed by atoms with Crippen molar-refractivity contribution in [3.05, 3.63) is 29.8 Å². The minimum Gasteiger partial charge on any atom is -0.464 e. The molecule has 1 unspecified atom stereocenters. The third-order valence-corrected chi connectivity index (χ3v) is 3.38. The van der Waals surface area contributed by atoms with E-state index in [1.54, 1.807) is 0 Å². The molecule has 19 heavy (non-hydrogen) atoms. The van der Waals surface area contributed by atoms with Crippen LogP contribution >= 0.6 is 0 Å². The summed E-state index contributed by atoms with van der Waals surface area (Å²) in [6.07, 6.45) is 2.43. The Morgan fingerprint density at radius 3 is 2.32 bits per heavy atom. The van der Waals surface area contributed by atoms with Gasteiger partial charge in [-0.3, -0.25) is 0 Å². The van der Waals surface area contributed by atoms with Crippen molar-refractivity contribution in [2.75, 3.05) is 11.9 Å². The van der Waals surface area contributed by atoms with E-state index in [2.05, 4.69) is 12.2 Å². The number of esters is 1. The smallest absolute Gasteiger partial charge is 0.331 e. The summed E-state index contributed by atoms with van der Waals surface area (Å²) in [7, 11) is 0. The number of carbonyl (C=O) groups excluding carboxylic acids is 1. The highest BCUT2D eigenvalue weighted by Gasteiger charge is 2.37. The molecule has 0 radical (unpaired) electrons. The van der Waals surface area contributed by atoms with Crippen LogP contribution in [0.25, 0.3) is 0 Å². The molecular weight excluding hydrogens is 238 g/mol. The summed E-state index contributed by atoms with van der Waals surface area (Å²) in [6, 6.07) is 8.10. The summed E-state index contributed by atoms with van der Waals surface area (Å²) in [5.74, 6) is -0.153. The molecule has 0 saturated carbocycles. The first-order valence-corrected chi connectivity index (χ1v) is 7.10. The molecule has 1 rings (SSSR count). The normalized spacial score (nSPS) is 13.7. The average molecular weight is 263 g/mol. The molecule has 0 aliphatic heterocycles. The number of rotatable bonds is 7. The van der Waals surface area contributed by atoms with E-state index in [9.17, 15) is 4.79 Å². The number of nitrogens with one attached hydrogen (secondary N) is 1. The van der Waals surface area contributed by atoms with Crippen molar-refractivity contribution in [3.63, 3.8) is 0 Å². The van der Waals surface area contributed by atoms with Crippen molar-refractivity contribution >= 4 is 11.7 Å². The Hall–Kier alpha value is -1.51. The fourth-order valence-electron chi connectivity index (χ4n) is 2.23. The molecule has 0 spiro atoms. The molecule has 0 fully saturated rings. The molecule has 106 valence electrons. The molecule has 0 heterocycles. The Labute approximate surface area is 116 Å². The second-order valence-corrected chi connectivity index (χ2v) is 4.90. The first kappa shape index (κ1) is 15.5. The molecule has 0 aliphatic carbocycles. The lowest BCUT2D eigenvalue weighted by Gasteiger charge is -2.32. The number of benzene rings is 1. The van der Waals surface area contributed by atoms with Crippen LogP contribution in [-0.4, -0.2) is 18.1 Å². The standard InChI is InChI=1S/C16H25NO2/c1-5-12-16(6-2,15(18)19-7-3)17-14-10-8-13(4)9-11-14/h8-11,17H,5-7,12H2,1-4H3. The predicted molar refractivity (Wildman–Crippen MR) is 79.4 cm³/mol. The molecule has 0 saturated heterocycles. The summed E-state index contributed by atoms with van der Waals surface area (Å²) in [5.41, 5.74) is 1.56. The quantitative estimate of drug-likeness (QED) is 0.758. The maximum Gasteiger partial charge on any atom is 0.331 e. The van der Waals surface area contributed by atoms with E-state index >= 15 is 0 Å². The lowest BCUT2D eigenvalue weighted by atomic mass is 9.90. The van der Waals surface area contributed by atoms with Gasteiger partial charge in [0.1, 0.15) is 5.54 Å². The van der Waals surface area contributed by atoms with Crippen molar-refractivity contribution in [3.8, 4) is 0 Å². The van der Waals surface area contributed by atoms with Crippen LogP contribution in [0.2, 0.25) is 0 Å². The van der Waals surface area contributed by atoms with Gasteiger partial charge in [-0.15, -0.1) is 0 Å². The third kappa shape index (κ3) is 3.98. The summed E-state index contributed by atoms with van der Waals surface area (Å²) >= 11 is 0.